The number of hydrogen-bond acceptors (Lipinski definition) is 5. The lowest BCUT2D eigenvalue weighted by Gasteiger charge is -2.07. The summed E-state index contributed by atoms with van der Waals surface area (Å²) >= 11 is 0. The molecular formula is C10H12N4O3. The number of nitrogens with zero attached hydrogens (tertiary/aromatic N) is 4. The van der Waals surface area contributed by atoms with Crippen molar-refractivity contribution in [1.82, 2.24) is 19.1 Å². The van der Waals surface area contributed by atoms with Crippen molar-refractivity contribution in [3.8, 4) is 5.88 Å². The van der Waals surface area contributed by atoms with Gasteiger partial charge in [-0.15, -0.1) is 0 Å². The molecule has 0 aliphatic heterocycles. The van der Waals surface area contributed by atoms with E-state index in [0.717, 1.165) is 4.57 Å². The Morgan fingerprint density at radius 1 is 1.29 bits per heavy atom. The molecule has 7 nitrogen and oxygen atoms in total. The van der Waals surface area contributed by atoms with Gasteiger partial charge in [-0.25, -0.2) is 14.8 Å². The smallest absolute Gasteiger partial charge is 0.332 e. The maximum Gasteiger partial charge on any atom is 0.332 e. The second-order valence-corrected chi connectivity index (χ2v) is 3.52. The minimum Gasteiger partial charge on any atom is -0.477 e. The van der Waals surface area contributed by atoms with Gasteiger partial charge in [0.05, 0.1) is 12.8 Å². The Hall–Kier alpha value is -2.18. The summed E-state index contributed by atoms with van der Waals surface area (Å²) in [6.07, 6.45) is 1.39. The summed E-state index contributed by atoms with van der Waals surface area (Å²) in [6.45, 7) is 2.25. The van der Waals surface area contributed by atoms with Gasteiger partial charge in [-0.2, -0.15) is 0 Å². The van der Waals surface area contributed by atoms with Crippen LogP contribution in [0.4, 0.5) is 0 Å². The number of fused-ring (bicyclic) bond motifs is 1. The first-order chi connectivity index (χ1) is 8.06. The van der Waals surface area contributed by atoms with Crippen molar-refractivity contribution in [2.75, 3.05) is 6.61 Å². The molecule has 2 aromatic rings. The first-order valence-electron chi connectivity index (χ1n) is 5.11. The van der Waals surface area contributed by atoms with Gasteiger partial charge < -0.3 is 4.74 Å². The van der Waals surface area contributed by atoms with E-state index in [1.807, 2.05) is 6.92 Å². The van der Waals surface area contributed by atoms with E-state index in [1.165, 1.54) is 17.8 Å². The van der Waals surface area contributed by atoms with Crippen LogP contribution >= 0.6 is 0 Å². The fourth-order valence-corrected chi connectivity index (χ4v) is 1.53. The largest absolute Gasteiger partial charge is 0.477 e. The molecule has 0 unspecified atom stereocenters. The van der Waals surface area contributed by atoms with Crippen LogP contribution in [0, 0.1) is 0 Å². The van der Waals surface area contributed by atoms with Crippen LogP contribution in [-0.4, -0.2) is 25.7 Å². The predicted molar refractivity (Wildman–Crippen MR) is 61.2 cm³/mol. The third-order valence-electron chi connectivity index (χ3n) is 2.42. The van der Waals surface area contributed by atoms with E-state index in [0.29, 0.717) is 6.61 Å². The van der Waals surface area contributed by atoms with Crippen LogP contribution in [0.5, 0.6) is 5.88 Å². The van der Waals surface area contributed by atoms with Crippen molar-refractivity contribution in [3.05, 3.63) is 27.0 Å². The quantitative estimate of drug-likeness (QED) is 0.697. The van der Waals surface area contributed by atoms with Crippen molar-refractivity contribution >= 4 is 11.2 Å². The summed E-state index contributed by atoms with van der Waals surface area (Å²) in [5.74, 6) is 0.274. The van der Waals surface area contributed by atoms with Gasteiger partial charge in [-0.3, -0.25) is 13.9 Å². The molecule has 17 heavy (non-hydrogen) atoms. The summed E-state index contributed by atoms with van der Waals surface area (Å²) in [4.78, 5) is 31.6. The van der Waals surface area contributed by atoms with Crippen molar-refractivity contribution in [2.24, 2.45) is 14.1 Å². The maximum atomic E-state index is 11.8. The molecule has 0 atom stereocenters. The van der Waals surface area contributed by atoms with Gasteiger partial charge in [-0.05, 0) is 6.92 Å². The summed E-state index contributed by atoms with van der Waals surface area (Å²) < 4.78 is 7.44. The van der Waals surface area contributed by atoms with E-state index in [4.69, 9.17) is 4.74 Å². The SMILES string of the molecule is CCOc1cnc2c(n1)c(=O)n(C)c(=O)n2C. The Balaban J connectivity index is 2.87. The van der Waals surface area contributed by atoms with E-state index >= 15 is 0 Å². The fraction of sp³-hybridized carbons (Fsp3) is 0.400. The highest BCUT2D eigenvalue weighted by Crippen LogP contribution is 2.08. The summed E-state index contributed by atoms with van der Waals surface area (Å²) in [5, 5.41) is 0. The average molecular weight is 236 g/mol. The van der Waals surface area contributed by atoms with Gasteiger partial charge in [-0.1, -0.05) is 0 Å². The Kier molecular flexibility index (Phi) is 2.66. The second kappa shape index (κ2) is 4.00. The predicted octanol–water partition coefficient (Wildman–Crippen LogP) is -0.574. The maximum absolute atomic E-state index is 11.8. The Bertz CT molecular complexity index is 686. The molecule has 90 valence electrons. The zero-order valence-corrected chi connectivity index (χ0v) is 9.80. The van der Waals surface area contributed by atoms with Gasteiger partial charge in [0.1, 0.15) is 0 Å². The molecule has 0 amide bonds. The minimum atomic E-state index is -0.475. The van der Waals surface area contributed by atoms with E-state index in [-0.39, 0.29) is 17.0 Å². The van der Waals surface area contributed by atoms with E-state index in [1.54, 1.807) is 7.05 Å². The standard InChI is InChI=1S/C10H12N4O3/c1-4-17-6-5-11-8-7(12-6)9(15)14(3)10(16)13(8)2/h5H,4H2,1-3H3. The molecule has 2 rings (SSSR count). The van der Waals surface area contributed by atoms with Crippen LogP contribution in [0.25, 0.3) is 11.2 Å². The lowest BCUT2D eigenvalue weighted by Crippen LogP contribution is -2.37. The van der Waals surface area contributed by atoms with Crippen LogP contribution in [0.3, 0.4) is 0 Å². The lowest BCUT2D eigenvalue weighted by atomic mass is 10.5. The minimum absolute atomic E-state index is 0.126. The van der Waals surface area contributed by atoms with Crippen molar-refractivity contribution in [2.45, 2.75) is 6.92 Å². The molecule has 0 fully saturated rings. The number of aryl methyl sites for hydroxylation is 1. The fourth-order valence-electron chi connectivity index (χ4n) is 1.53. The third kappa shape index (κ3) is 1.69. The van der Waals surface area contributed by atoms with Crippen molar-refractivity contribution in [3.63, 3.8) is 0 Å². The molecule has 0 radical (unpaired) electrons. The zero-order valence-electron chi connectivity index (χ0n) is 9.80. The number of rotatable bonds is 2. The topological polar surface area (TPSA) is 79.0 Å². The molecule has 2 heterocycles. The van der Waals surface area contributed by atoms with Gasteiger partial charge in [0.25, 0.3) is 5.56 Å². The Morgan fingerprint density at radius 3 is 2.65 bits per heavy atom. The summed E-state index contributed by atoms with van der Waals surface area (Å²) in [7, 11) is 2.94. The van der Waals surface area contributed by atoms with E-state index in [2.05, 4.69) is 9.97 Å². The van der Waals surface area contributed by atoms with Crippen LogP contribution in [-0.2, 0) is 14.1 Å². The Labute approximate surface area is 96.3 Å². The lowest BCUT2D eigenvalue weighted by molar-refractivity contribution is 0.326. The molecule has 0 aliphatic carbocycles. The summed E-state index contributed by atoms with van der Waals surface area (Å²) in [5.41, 5.74) is -0.528. The van der Waals surface area contributed by atoms with Crippen LogP contribution in [0.15, 0.2) is 15.8 Å². The Morgan fingerprint density at radius 2 is 2.00 bits per heavy atom. The van der Waals surface area contributed by atoms with Gasteiger partial charge in [0, 0.05) is 14.1 Å². The highest BCUT2D eigenvalue weighted by Gasteiger charge is 2.11. The molecule has 0 spiro atoms. The normalized spacial score (nSPS) is 10.8. The summed E-state index contributed by atoms with van der Waals surface area (Å²) in [6, 6.07) is 0. The average Bonchev–Trinajstić information content (AvgIpc) is 2.34. The number of aromatic nitrogens is 4. The second-order valence-electron chi connectivity index (χ2n) is 3.52. The first kappa shape index (κ1) is 11.3. The van der Waals surface area contributed by atoms with Crippen LogP contribution in [0.2, 0.25) is 0 Å². The van der Waals surface area contributed by atoms with Crippen LogP contribution in [0.1, 0.15) is 6.92 Å². The van der Waals surface area contributed by atoms with Gasteiger partial charge in [0.15, 0.2) is 11.2 Å². The molecule has 2 aromatic heterocycles. The monoisotopic (exact) mass is 236 g/mol. The van der Waals surface area contributed by atoms with E-state index in [9.17, 15) is 9.59 Å². The van der Waals surface area contributed by atoms with E-state index < -0.39 is 11.2 Å². The molecule has 7 heteroatoms. The molecule has 0 aromatic carbocycles. The van der Waals surface area contributed by atoms with Crippen LogP contribution < -0.4 is 16.0 Å². The third-order valence-corrected chi connectivity index (χ3v) is 2.42. The number of hydrogen-bond donors (Lipinski definition) is 0. The molecule has 0 saturated carbocycles. The molecular weight excluding hydrogens is 224 g/mol. The van der Waals surface area contributed by atoms with Gasteiger partial charge >= 0.3 is 5.69 Å². The number of ether oxygens (including phenoxy) is 1. The van der Waals surface area contributed by atoms with Gasteiger partial charge in [0.2, 0.25) is 5.88 Å². The van der Waals surface area contributed by atoms with Crippen molar-refractivity contribution in [1.29, 1.82) is 0 Å². The van der Waals surface area contributed by atoms with Crippen molar-refractivity contribution < 1.29 is 4.74 Å². The molecule has 0 N–H and O–H groups in total. The molecule has 0 bridgehead atoms. The molecule has 0 saturated heterocycles. The highest BCUT2D eigenvalue weighted by molar-refractivity contribution is 5.68. The first-order valence-corrected chi connectivity index (χ1v) is 5.11. The molecule has 0 aliphatic rings. The highest BCUT2D eigenvalue weighted by atomic mass is 16.5. The zero-order chi connectivity index (χ0) is 12.6.